The van der Waals surface area contributed by atoms with Gasteiger partial charge in [0.1, 0.15) is 0 Å². The highest BCUT2D eigenvalue weighted by atomic mass is 16.4. The van der Waals surface area contributed by atoms with Gasteiger partial charge in [-0.05, 0) is 12.8 Å². The molecule has 0 spiro atoms. The molecule has 0 aromatic rings. The van der Waals surface area contributed by atoms with Crippen molar-refractivity contribution in [2.75, 3.05) is 6.54 Å². The maximum atomic E-state index is 10.5. The van der Waals surface area contributed by atoms with Crippen molar-refractivity contribution in [3.05, 3.63) is 0 Å². The average Bonchev–Trinajstić information content (AvgIpc) is 2.93. The van der Waals surface area contributed by atoms with Crippen LogP contribution in [0.25, 0.3) is 0 Å². The SMILES string of the molecule is CCCCC1C(CCCC)N1CCC(=O)O. The van der Waals surface area contributed by atoms with Crippen LogP contribution in [-0.2, 0) is 4.79 Å². The predicted molar refractivity (Wildman–Crippen MR) is 65.6 cm³/mol. The highest BCUT2D eigenvalue weighted by molar-refractivity contribution is 5.66. The van der Waals surface area contributed by atoms with E-state index in [4.69, 9.17) is 5.11 Å². The van der Waals surface area contributed by atoms with Crippen LogP contribution in [0.15, 0.2) is 0 Å². The van der Waals surface area contributed by atoms with Crippen LogP contribution in [0.2, 0.25) is 0 Å². The number of rotatable bonds is 9. The Hall–Kier alpha value is -0.570. The lowest BCUT2D eigenvalue weighted by molar-refractivity contribution is -0.137. The summed E-state index contributed by atoms with van der Waals surface area (Å²) in [6.07, 6.45) is 7.83. The van der Waals surface area contributed by atoms with Gasteiger partial charge in [-0.3, -0.25) is 9.69 Å². The minimum atomic E-state index is -0.671. The second-order valence-electron chi connectivity index (χ2n) is 4.80. The van der Waals surface area contributed by atoms with Gasteiger partial charge in [0, 0.05) is 18.6 Å². The molecule has 1 aliphatic rings. The zero-order chi connectivity index (χ0) is 12.0. The van der Waals surface area contributed by atoms with Crippen molar-refractivity contribution in [1.82, 2.24) is 4.90 Å². The van der Waals surface area contributed by atoms with Crippen LogP contribution in [0.5, 0.6) is 0 Å². The molecular weight excluding hydrogens is 202 g/mol. The Balaban J connectivity index is 2.26. The Morgan fingerprint density at radius 3 is 2.00 bits per heavy atom. The summed E-state index contributed by atoms with van der Waals surface area (Å²) in [5, 5.41) is 8.69. The van der Waals surface area contributed by atoms with Crippen molar-refractivity contribution >= 4 is 5.97 Å². The van der Waals surface area contributed by atoms with Gasteiger partial charge in [0.05, 0.1) is 6.42 Å². The molecule has 1 N–H and O–H groups in total. The number of carbonyl (C=O) groups is 1. The lowest BCUT2D eigenvalue weighted by atomic mass is 10.1. The summed E-state index contributed by atoms with van der Waals surface area (Å²) in [7, 11) is 0. The van der Waals surface area contributed by atoms with Gasteiger partial charge in [-0.1, -0.05) is 39.5 Å². The van der Waals surface area contributed by atoms with Crippen LogP contribution in [0.3, 0.4) is 0 Å². The molecule has 0 bridgehead atoms. The number of aliphatic carboxylic acids is 1. The number of carboxylic acids is 1. The molecule has 1 rings (SSSR count). The Labute approximate surface area is 98.8 Å². The first-order valence-corrected chi connectivity index (χ1v) is 6.68. The Bertz CT molecular complexity index is 204. The van der Waals surface area contributed by atoms with Gasteiger partial charge in [0.25, 0.3) is 0 Å². The van der Waals surface area contributed by atoms with Gasteiger partial charge in [-0.25, -0.2) is 0 Å². The molecular formula is C13H25NO2. The monoisotopic (exact) mass is 227 g/mol. The third-order valence-corrected chi connectivity index (χ3v) is 3.50. The molecule has 94 valence electrons. The lowest BCUT2D eigenvalue weighted by Crippen LogP contribution is -2.10. The molecule has 0 aromatic carbocycles. The Morgan fingerprint density at radius 1 is 1.12 bits per heavy atom. The van der Waals surface area contributed by atoms with E-state index >= 15 is 0 Å². The van der Waals surface area contributed by atoms with Crippen LogP contribution in [0.1, 0.15) is 58.8 Å². The number of nitrogens with zero attached hydrogens (tertiary/aromatic N) is 1. The van der Waals surface area contributed by atoms with Gasteiger partial charge in [-0.2, -0.15) is 0 Å². The zero-order valence-electron chi connectivity index (χ0n) is 10.6. The van der Waals surface area contributed by atoms with Crippen LogP contribution in [0.4, 0.5) is 0 Å². The molecule has 1 fully saturated rings. The summed E-state index contributed by atoms with van der Waals surface area (Å²) in [5.41, 5.74) is 0. The molecule has 1 saturated heterocycles. The second-order valence-corrected chi connectivity index (χ2v) is 4.80. The summed E-state index contributed by atoms with van der Waals surface area (Å²) in [4.78, 5) is 12.9. The molecule has 1 heterocycles. The van der Waals surface area contributed by atoms with E-state index in [1.807, 2.05) is 0 Å². The second kappa shape index (κ2) is 6.89. The molecule has 2 atom stereocenters. The maximum Gasteiger partial charge on any atom is 0.304 e. The minimum Gasteiger partial charge on any atom is -0.481 e. The van der Waals surface area contributed by atoms with E-state index in [0.29, 0.717) is 18.5 Å². The van der Waals surface area contributed by atoms with Crippen LogP contribution in [0, 0.1) is 0 Å². The number of carboxylic acid groups (broad SMARTS) is 1. The molecule has 0 aromatic heterocycles. The summed E-state index contributed by atoms with van der Waals surface area (Å²) < 4.78 is 0. The van der Waals surface area contributed by atoms with Crippen molar-refractivity contribution in [3.8, 4) is 0 Å². The highest BCUT2D eigenvalue weighted by Crippen LogP contribution is 2.36. The number of hydrogen-bond acceptors (Lipinski definition) is 2. The van der Waals surface area contributed by atoms with E-state index in [9.17, 15) is 4.79 Å². The van der Waals surface area contributed by atoms with E-state index < -0.39 is 5.97 Å². The smallest absolute Gasteiger partial charge is 0.304 e. The van der Waals surface area contributed by atoms with E-state index in [0.717, 1.165) is 6.54 Å². The molecule has 0 aliphatic carbocycles. The maximum absolute atomic E-state index is 10.5. The molecule has 3 nitrogen and oxygen atoms in total. The highest BCUT2D eigenvalue weighted by Gasteiger charge is 2.45. The Morgan fingerprint density at radius 2 is 1.62 bits per heavy atom. The van der Waals surface area contributed by atoms with Gasteiger partial charge >= 0.3 is 5.97 Å². The topological polar surface area (TPSA) is 40.3 Å². The quantitative estimate of drug-likeness (QED) is 0.616. The number of hydrogen-bond donors (Lipinski definition) is 1. The fourth-order valence-electron chi connectivity index (χ4n) is 2.49. The molecule has 2 unspecified atom stereocenters. The third-order valence-electron chi connectivity index (χ3n) is 3.50. The standard InChI is InChI=1S/C13H25NO2/c1-3-5-7-11-12(8-6-4-2)14(11)10-9-13(15)16/h11-12H,3-10H2,1-2H3,(H,15,16). The largest absolute Gasteiger partial charge is 0.481 e. The van der Waals surface area contributed by atoms with Crippen LogP contribution < -0.4 is 0 Å². The van der Waals surface area contributed by atoms with E-state index in [-0.39, 0.29) is 0 Å². The molecule has 16 heavy (non-hydrogen) atoms. The first-order chi connectivity index (χ1) is 7.70. The van der Waals surface area contributed by atoms with Gasteiger partial charge in [-0.15, -0.1) is 0 Å². The molecule has 0 radical (unpaired) electrons. The third kappa shape index (κ3) is 4.12. The van der Waals surface area contributed by atoms with Crippen molar-refractivity contribution in [2.45, 2.75) is 70.9 Å². The van der Waals surface area contributed by atoms with E-state index in [2.05, 4.69) is 18.7 Å². The fraction of sp³-hybridized carbons (Fsp3) is 0.923. The van der Waals surface area contributed by atoms with Gasteiger partial charge in [0.15, 0.2) is 0 Å². The van der Waals surface area contributed by atoms with E-state index in [1.54, 1.807) is 0 Å². The zero-order valence-corrected chi connectivity index (χ0v) is 10.6. The summed E-state index contributed by atoms with van der Waals surface area (Å²) in [6.45, 7) is 5.17. The molecule has 0 amide bonds. The first-order valence-electron chi connectivity index (χ1n) is 6.68. The number of unbranched alkanes of at least 4 members (excludes halogenated alkanes) is 2. The van der Waals surface area contributed by atoms with Crippen molar-refractivity contribution in [1.29, 1.82) is 0 Å². The van der Waals surface area contributed by atoms with Crippen molar-refractivity contribution < 1.29 is 9.90 Å². The fourth-order valence-corrected chi connectivity index (χ4v) is 2.49. The van der Waals surface area contributed by atoms with Gasteiger partial charge in [0.2, 0.25) is 0 Å². The van der Waals surface area contributed by atoms with Crippen molar-refractivity contribution in [2.24, 2.45) is 0 Å². The summed E-state index contributed by atoms with van der Waals surface area (Å²) in [5.74, 6) is -0.671. The van der Waals surface area contributed by atoms with Crippen LogP contribution in [-0.4, -0.2) is 34.6 Å². The molecule has 3 heteroatoms. The normalized spacial score (nSPS) is 28.0. The average molecular weight is 227 g/mol. The van der Waals surface area contributed by atoms with Crippen LogP contribution >= 0.6 is 0 Å². The van der Waals surface area contributed by atoms with Crippen molar-refractivity contribution in [3.63, 3.8) is 0 Å². The van der Waals surface area contributed by atoms with Gasteiger partial charge < -0.3 is 5.11 Å². The molecule has 1 aliphatic heterocycles. The predicted octanol–water partition coefficient (Wildman–Crippen LogP) is 2.89. The van der Waals surface area contributed by atoms with E-state index in [1.165, 1.54) is 38.5 Å². The summed E-state index contributed by atoms with van der Waals surface area (Å²) >= 11 is 0. The summed E-state index contributed by atoms with van der Waals surface area (Å²) in [6, 6.07) is 1.37. The Kier molecular flexibility index (Phi) is 5.81. The lowest BCUT2D eigenvalue weighted by Gasteiger charge is -2.00. The first kappa shape index (κ1) is 13.5. The molecule has 0 saturated carbocycles. The minimum absolute atomic E-state index is 0.297.